The molecule has 1 aromatic carbocycles. The van der Waals surface area contributed by atoms with Crippen molar-refractivity contribution in [1.29, 1.82) is 0 Å². The van der Waals surface area contributed by atoms with Gasteiger partial charge >= 0.3 is 6.09 Å². The molecular formula is C15H21NO3. The summed E-state index contributed by atoms with van der Waals surface area (Å²) < 4.78 is 5.12. The quantitative estimate of drug-likeness (QED) is 0.831. The Hall–Kier alpha value is -1.84. The first kappa shape index (κ1) is 15.2. The first-order valence-electron chi connectivity index (χ1n) is 6.37. The van der Waals surface area contributed by atoms with Crippen LogP contribution in [0.3, 0.4) is 0 Å². The second-order valence-corrected chi connectivity index (χ2v) is 5.47. The average molecular weight is 263 g/mol. The van der Waals surface area contributed by atoms with Gasteiger partial charge in [0.05, 0.1) is 0 Å². The highest BCUT2D eigenvalue weighted by Gasteiger charge is 2.17. The molecule has 0 bridgehead atoms. The number of amides is 1. The van der Waals surface area contributed by atoms with Gasteiger partial charge in [-0.1, -0.05) is 30.3 Å². The van der Waals surface area contributed by atoms with Crippen LogP contribution in [0.25, 0.3) is 0 Å². The fourth-order valence-electron chi connectivity index (χ4n) is 1.61. The van der Waals surface area contributed by atoms with Crippen molar-refractivity contribution in [2.45, 2.75) is 32.8 Å². The van der Waals surface area contributed by atoms with Crippen LogP contribution < -0.4 is 5.32 Å². The van der Waals surface area contributed by atoms with E-state index in [-0.39, 0.29) is 12.5 Å². The van der Waals surface area contributed by atoms with E-state index in [1.165, 1.54) is 0 Å². The van der Waals surface area contributed by atoms with Crippen LogP contribution in [0.4, 0.5) is 4.79 Å². The molecule has 0 heterocycles. The summed E-state index contributed by atoms with van der Waals surface area (Å²) in [5, 5.41) is 2.62. The van der Waals surface area contributed by atoms with Crippen molar-refractivity contribution in [3.63, 3.8) is 0 Å². The summed E-state index contributed by atoms with van der Waals surface area (Å²) in [7, 11) is 0. The van der Waals surface area contributed by atoms with Crippen molar-refractivity contribution in [2.75, 3.05) is 6.54 Å². The third kappa shape index (κ3) is 6.60. The molecule has 0 fully saturated rings. The Balaban J connectivity index is 2.41. The first-order chi connectivity index (χ1) is 8.90. The van der Waals surface area contributed by atoms with Gasteiger partial charge < -0.3 is 14.8 Å². The summed E-state index contributed by atoms with van der Waals surface area (Å²) >= 11 is 0. The fourth-order valence-corrected chi connectivity index (χ4v) is 1.61. The van der Waals surface area contributed by atoms with E-state index in [9.17, 15) is 9.59 Å². The maximum Gasteiger partial charge on any atom is 0.407 e. The molecule has 4 heteroatoms. The Morgan fingerprint density at radius 3 is 2.47 bits per heavy atom. The van der Waals surface area contributed by atoms with Gasteiger partial charge in [0.1, 0.15) is 11.9 Å². The lowest BCUT2D eigenvalue weighted by atomic mass is 10.0. The molecule has 104 valence electrons. The molecule has 19 heavy (non-hydrogen) atoms. The van der Waals surface area contributed by atoms with Gasteiger partial charge in [0.2, 0.25) is 0 Å². The smallest absolute Gasteiger partial charge is 0.407 e. The predicted octanol–water partition coefficient (Wildman–Crippen LogP) is 2.57. The Kier molecular flexibility index (Phi) is 5.55. The minimum absolute atomic E-state index is 0.241. The maximum absolute atomic E-state index is 11.5. The number of hydrogen-bond donors (Lipinski definition) is 1. The molecule has 1 N–H and O–H groups in total. The van der Waals surface area contributed by atoms with E-state index < -0.39 is 11.7 Å². The largest absolute Gasteiger partial charge is 0.444 e. The van der Waals surface area contributed by atoms with Gasteiger partial charge in [-0.2, -0.15) is 0 Å². The summed E-state index contributed by atoms with van der Waals surface area (Å²) in [6.45, 7) is 5.68. The molecule has 4 nitrogen and oxygen atoms in total. The standard InChI is InChI=1S/C15H21NO3/c1-15(2,3)19-14(18)16-10-13(11-17)9-12-7-5-4-6-8-12/h4-8,11,13H,9-10H2,1-3H3,(H,16,18). The molecule has 0 aliphatic rings. The number of hydrogen-bond acceptors (Lipinski definition) is 3. The van der Waals surface area contributed by atoms with E-state index in [4.69, 9.17) is 4.74 Å². The number of benzene rings is 1. The molecule has 0 aromatic heterocycles. The summed E-state index contributed by atoms with van der Waals surface area (Å²) in [5.74, 6) is -0.241. The molecular weight excluding hydrogens is 242 g/mol. The monoisotopic (exact) mass is 263 g/mol. The molecule has 1 amide bonds. The lowest BCUT2D eigenvalue weighted by Gasteiger charge is -2.20. The van der Waals surface area contributed by atoms with Crippen LogP contribution >= 0.6 is 0 Å². The Morgan fingerprint density at radius 1 is 1.32 bits per heavy atom. The molecule has 1 unspecified atom stereocenters. The number of nitrogens with one attached hydrogen (secondary N) is 1. The van der Waals surface area contributed by atoms with Crippen molar-refractivity contribution in [2.24, 2.45) is 5.92 Å². The minimum atomic E-state index is -0.528. The summed E-state index contributed by atoms with van der Waals surface area (Å²) in [6.07, 6.45) is 0.984. The van der Waals surface area contributed by atoms with E-state index >= 15 is 0 Å². The van der Waals surface area contributed by atoms with Crippen molar-refractivity contribution in [3.05, 3.63) is 35.9 Å². The van der Waals surface area contributed by atoms with E-state index in [1.807, 2.05) is 30.3 Å². The van der Waals surface area contributed by atoms with Crippen molar-refractivity contribution >= 4 is 12.4 Å². The Labute approximate surface area is 114 Å². The van der Waals surface area contributed by atoms with Crippen LogP contribution in [-0.4, -0.2) is 24.5 Å². The number of carbonyl (C=O) groups is 2. The molecule has 0 aliphatic heterocycles. The normalized spacial score (nSPS) is 12.6. The van der Waals surface area contributed by atoms with E-state index in [0.29, 0.717) is 6.42 Å². The van der Waals surface area contributed by atoms with Gasteiger partial charge in [-0.15, -0.1) is 0 Å². The van der Waals surface area contributed by atoms with Crippen molar-refractivity contribution < 1.29 is 14.3 Å². The molecule has 0 radical (unpaired) electrons. The number of aldehydes is 1. The Morgan fingerprint density at radius 2 is 1.95 bits per heavy atom. The number of alkyl carbamates (subject to hydrolysis) is 1. The third-order valence-corrected chi connectivity index (χ3v) is 2.44. The summed E-state index contributed by atoms with van der Waals surface area (Å²) in [5.41, 5.74) is 0.547. The minimum Gasteiger partial charge on any atom is -0.444 e. The highest BCUT2D eigenvalue weighted by molar-refractivity contribution is 5.68. The van der Waals surface area contributed by atoms with E-state index in [1.54, 1.807) is 20.8 Å². The van der Waals surface area contributed by atoms with E-state index in [2.05, 4.69) is 5.32 Å². The lowest BCUT2D eigenvalue weighted by Crippen LogP contribution is -2.36. The van der Waals surface area contributed by atoms with Crippen LogP contribution in [-0.2, 0) is 16.0 Å². The van der Waals surface area contributed by atoms with Crippen LogP contribution in [0.2, 0.25) is 0 Å². The van der Waals surface area contributed by atoms with Crippen molar-refractivity contribution in [1.82, 2.24) is 5.32 Å². The van der Waals surface area contributed by atoms with Crippen LogP contribution in [0.15, 0.2) is 30.3 Å². The zero-order chi connectivity index (χ0) is 14.3. The third-order valence-electron chi connectivity index (χ3n) is 2.44. The van der Waals surface area contributed by atoms with Gasteiger partial charge in [-0.05, 0) is 32.8 Å². The van der Waals surface area contributed by atoms with Crippen LogP contribution in [0.5, 0.6) is 0 Å². The zero-order valence-corrected chi connectivity index (χ0v) is 11.7. The van der Waals surface area contributed by atoms with Crippen molar-refractivity contribution in [3.8, 4) is 0 Å². The van der Waals surface area contributed by atoms with Gasteiger partial charge in [0, 0.05) is 12.5 Å². The average Bonchev–Trinajstić information content (AvgIpc) is 2.33. The summed E-state index contributed by atoms with van der Waals surface area (Å²) in [4.78, 5) is 22.5. The molecule has 0 saturated heterocycles. The van der Waals surface area contributed by atoms with Gasteiger partial charge in [0.15, 0.2) is 0 Å². The van der Waals surface area contributed by atoms with Crippen LogP contribution in [0, 0.1) is 5.92 Å². The summed E-state index contributed by atoms with van der Waals surface area (Å²) in [6, 6.07) is 9.71. The van der Waals surface area contributed by atoms with E-state index in [0.717, 1.165) is 11.8 Å². The first-order valence-corrected chi connectivity index (χ1v) is 6.37. The lowest BCUT2D eigenvalue weighted by molar-refractivity contribution is -0.110. The predicted molar refractivity (Wildman–Crippen MR) is 73.9 cm³/mol. The Bertz CT molecular complexity index is 409. The molecule has 0 saturated carbocycles. The number of carbonyl (C=O) groups excluding carboxylic acids is 2. The number of ether oxygens (including phenoxy) is 1. The second-order valence-electron chi connectivity index (χ2n) is 5.47. The highest BCUT2D eigenvalue weighted by atomic mass is 16.6. The molecule has 1 aromatic rings. The zero-order valence-electron chi connectivity index (χ0n) is 11.7. The highest BCUT2D eigenvalue weighted by Crippen LogP contribution is 2.08. The van der Waals surface area contributed by atoms with Crippen LogP contribution in [0.1, 0.15) is 26.3 Å². The van der Waals surface area contributed by atoms with Gasteiger partial charge in [-0.3, -0.25) is 0 Å². The fraction of sp³-hybridized carbons (Fsp3) is 0.467. The second kappa shape index (κ2) is 6.92. The molecule has 0 spiro atoms. The molecule has 1 rings (SSSR count). The van der Waals surface area contributed by atoms with Gasteiger partial charge in [0.25, 0.3) is 0 Å². The molecule has 0 aliphatic carbocycles. The van der Waals surface area contributed by atoms with Gasteiger partial charge in [-0.25, -0.2) is 4.79 Å². The number of rotatable bonds is 5. The molecule has 1 atom stereocenters. The SMILES string of the molecule is CC(C)(C)OC(=O)NCC(C=O)Cc1ccccc1. The maximum atomic E-state index is 11.5. The topological polar surface area (TPSA) is 55.4 Å².